The lowest BCUT2D eigenvalue weighted by Crippen LogP contribution is -2.19. The van der Waals surface area contributed by atoms with E-state index in [-0.39, 0.29) is 0 Å². The Balaban J connectivity index is 2.32. The number of hydrogen-bond donors (Lipinski definition) is 1. The van der Waals surface area contributed by atoms with E-state index in [4.69, 9.17) is 13.9 Å². The van der Waals surface area contributed by atoms with Crippen molar-refractivity contribution in [1.82, 2.24) is 10.3 Å². The summed E-state index contributed by atoms with van der Waals surface area (Å²) in [5, 5.41) is 3.37. The van der Waals surface area contributed by atoms with Gasteiger partial charge in [-0.1, -0.05) is 19.9 Å². The van der Waals surface area contributed by atoms with Crippen LogP contribution in [-0.2, 0) is 6.54 Å². The summed E-state index contributed by atoms with van der Waals surface area (Å²) in [6.07, 6.45) is 1.45. The fourth-order valence-electron chi connectivity index (χ4n) is 2.15. The van der Waals surface area contributed by atoms with Gasteiger partial charge < -0.3 is 19.2 Å². The molecule has 0 spiro atoms. The minimum absolute atomic E-state index is 0.584. The van der Waals surface area contributed by atoms with Gasteiger partial charge in [-0.2, -0.15) is 0 Å². The molecular weight excluding hydrogens is 268 g/mol. The normalized spacial score (nSPS) is 10.9. The fourth-order valence-corrected chi connectivity index (χ4v) is 2.15. The van der Waals surface area contributed by atoms with Crippen molar-refractivity contribution in [3.8, 4) is 22.8 Å². The highest BCUT2D eigenvalue weighted by molar-refractivity contribution is 5.74. The highest BCUT2D eigenvalue weighted by Crippen LogP contribution is 2.39. The fraction of sp³-hybridized carbons (Fsp3) is 0.438. The van der Waals surface area contributed by atoms with Crippen LogP contribution in [0.3, 0.4) is 0 Å². The number of nitrogens with one attached hydrogen (secondary N) is 1. The van der Waals surface area contributed by atoms with Crippen molar-refractivity contribution in [2.45, 2.75) is 20.4 Å². The predicted octanol–water partition coefficient (Wildman–Crippen LogP) is 3.10. The van der Waals surface area contributed by atoms with E-state index >= 15 is 0 Å². The van der Waals surface area contributed by atoms with Gasteiger partial charge in [-0.15, -0.1) is 0 Å². The molecule has 0 radical (unpaired) electrons. The summed E-state index contributed by atoms with van der Waals surface area (Å²) in [5.41, 5.74) is 1.64. The van der Waals surface area contributed by atoms with Crippen LogP contribution in [0.2, 0.25) is 0 Å². The predicted molar refractivity (Wildman–Crippen MR) is 81.6 cm³/mol. The first-order chi connectivity index (χ1) is 10.2. The molecule has 0 saturated heterocycles. The van der Waals surface area contributed by atoms with Crippen LogP contribution in [0, 0.1) is 5.92 Å². The Hall–Kier alpha value is -2.01. The second-order valence-corrected chi connectivity index (χ2v) is 5.19. The zero-order valence-corrected chi connectivity index (χ0v) is 13.0. The van der Waals surface area contributed by atoms with Crippen molar-refractivity contribution in [2.75, 3.05) is 20.8 Å². The van der Waals surface area contributed by atoms with Crippen LogP contribution < -0.4 is 14.8 Å². The molecule has 0 amide bonds. The minimum atomic E-state index is 0.584. The van der Waals surface area contributed by atoms with E-state index in [1.165, 1.54) is 6.39 Å². The van der Waals surface area contributed by atoms with E-state index in [2.05, 4.69) is 24.1 Å². The summed E-state index contributed by atoms with van der Waals surface area (Å²) in [4.78, 5) is 4.30. The Kier molecular flexibility index (Phi) is 5.22. The molecule has 2 aromatic rings. The first kappa shape index (κ1) is 15.4. The Morgan fingerprint density at radius 1 is 1.19 bits per heavy atom. The van der Waals surface area contributed by atoms with Crippen LogP contribution in [0.25, 0.3) is 11.3 Å². The topological polar surface area (TPSA) is 56.5 Å². The van der Waals surface area contributed by atoms with Crippen LogP contribution in [0.4, 0.5) is 0 Å². The maximum Gasteiger partial charge on any atom is 0.181 e. The molecule has 0 aliphatic carbocycles. The van der Waals surface area contributed by atoms with Crippen LogP contribution in [0.5, 0.6) is 11.5 Å². The standard InChI is InChI=1S/C16H22N2O3/c1-11(2)8-17-9-12-16(21-10-18-12)15-13(19-3)6-5-7-14(15)20-4/h5-7,10-11,17H,8-9H2,1-4H3. The molecule has 2 rings (SSSR count). The maximum atomic E-state index is 5.58. The van der Waals surface area contributed by atoms with Gasteiger partial charge in [-0.05, 0) is 24.6 Å². The van der Waals surface area contributed by atoms with Gasteiger partial charge in [0, 0.05) is 6.54 Å². The molecule has 0 unspecified atom stereocenters. The van der Waals surface area contributed by atoms with Gasteiger partial charge in [0.15, 0.2) is 12.2 Å². The Morgan fingerprint density at radius 2 is 1.86 bits per heavy atom. The van der Waals surface area contributed by atoms with Crippen molar-refractivity contribution in [1.29, 1.82) is 0 Å². The van der Waals surface area contributed by atoms with Crippen LogP contribution >= 0.6 is 0 Å². The summed E-state index contributed by atoms with van der Waals surface area (Å²) in [5.74, 6) is 2.68. The van der Waals surface area contributed by atoms with Crippen molar-refractivity contribution >= 4 is 0 Å². The molecule has 1 aromatic carbocycles. The molecule has 0 atom stereocenters. The van der Waals surface area contributed by atoms with E-state index in [1.807, 2.05) is 18.2 Å². The molecule has 114 valence electrons. The van der Waals surface area contributed by atoms with Crippen LogP contribution in [0.15, 0.2) is 29.0 Å². The van der Waals surface area contributed by atoms with Crippen molar-refractivity contribution in [2.24, 2.45) is 5.92 Å². The third kappa shape index (κ3) is 3.55. The molecule has 0 aliphatic rings. The van der Waals surface area contributed by atoms with Gasteiger partial charge >= 0.3 is 0 Å². The van der Waals surface area contributed by atoms with E-state index in [9.17, 15) is 0 Å². The van der Waals surface area contributed by atoms with Gasteiger partial charge in [-0.25, -0.2) is 4.98 Å². The zero-order chi connectivity index (χ0) is 15.2. The molecule has 0 aliphatic heterocycles. The number of nitrogens with zero attached hydrogens (tertiary/aromatic N) is 1. The molecule has 1 heterocycles. The Labute approximate surface area is 125 Å². The van der Waals surface area contributed by atoms with Gasteiger partial charge in [-0.3, -0.25) is 0 Å². The van der Waals surface area contributed by atoms with Gasteiger partial charge in [0.05, 0.1) is 14.2 Å². The number of benzene rings is 1. The van der Waals surface area contributed by atoms with E-state index in [0.717, 1.165) is 17.8 Å². The van der Waals surface area contributed by atoms with Gasteiger partial charge in [0.2, 0.25) is 0 Å². The summed E-state index contributed by atoms with van der Waals surface area (Å²) < 4.78 is 16.4. The molecule has 0 saturated carbocycles. The van der Waals surface area contributed by atoms with E-state index in [1.54, 1.807) is 14.2 Å². The lowest BCUT2D eigenvalue weighted by molar-refractivity contribution is 0.394. The first-order valence-electron chi connectivity index (χ1n) is 7.01. The van der Waals surface area contributed by atoms with Crippen molar-refractivity contribution < 1.29 is 13.9 Å². The molecule has 1 N–H and O–H groups in total. The summed E-state index contributed by atoms with van der Waals surface area (Å²) in [6, 6.07) is 5.64. The molecule has 5 heteroatoms. The number of aromatic nitrogens is 1. The Bertz CT molecular complexity index is 556. The third-order valence-electron chi connectivity index (χ3n) is 3.14. The highest BCUT2D eigenvalue weighted by Gasteiger charge is 2.19. The molecule has 21 heavy (non-hydrogen) atoms. The van der Waals surface area contributed by atoms with Crippen molar-refractivity contribution in [3.05, 3.63) is 30.3 Å². The highest BCUT2D eigenvalue weighted by atomic mass is 16.5. The van der Waals surface area contributed by atoms with E-state index < -0.39 is 0 Å². The SMILES string of the molecule is COc1cccc(OC)c1-c1ocnc1CNCC(C)C. The Morgan fingerprint density at radius 3 is 2.43 bits per heavy atom. The third-order valence-corrected chi connectivity index (χ3v) is 3.14. The van der Waals surface area contributed by atoms with Crippen LogP contribution in [0.1, 0.15) is 19.5 Å². The van der Waals surface area contributed by atoms with Gasteiger partial charge in [0.1, 0.15) is 22.8 Å². The second kappa shape index (κ2) is 7.13. The molecule has 5 nitrogen and oxygen atoms in total. The molecule has 1 aromatic heterocycles. The average Bonchev–Trinajstić information content (AvgIpc) is 2.94. The summed E-state index contributed by atoms with van der Waals surface area (Å²) in [7, 11) is 3.26. The lowest BCUT2D eigenvalue weighted by Gasteiger charge is -2.12. The zero-order valence-electron chi connectivity index (χ0n) is 13.0. The first-order valence-corrected chi connectivity index (χ1v) is 7.01. The number of oxazole rings is 1. The van der Waals surface area contributed by atoms with E-state index in [0.29, 0.717) is 29.7 Å². The number of hydrogen-bond acceptors (Lipinski definition) is 5. The molecular formula is C16H22N2O3. The smallest absolute Gasteiger partial charge is 0.181 e. The largest absolute Gasteiger partial charge is 0.496 e. The molecule has 0 bridgehead atoms. The van der Waals surface area contributed by atoms with Crippen LogP contribution in [-0.4, -0.2) is 25.7 Å². The lowest BCUT2D eigenvalue weighted by atomic mass is 10.1. The van der Waals surface area contributed by atoms with Gasteiger partial charge in [0.25, 0.3) is 0 Å². The summed E-state index contributed by atoms with van der Waals surface area (Å²) in [6.45, 7) is 5.90. The number of rotatable bonds is 7. The number of ether oxygens (including phenoxy) is 2. The quantitative estimate of drug-likeness (QED) is 0.849. The molecule has 0 fully saturated rings. The maximum absolute atomic E-state index is 5.58. The minimum Gasteiger partial charge on any atom is -0.496 e. The second-order valence-electron chi connectivity index (χ2n) is 5.19. The summed E-state index contributed by atoms with van der Waals surface area (Å²) >= 11 is 0. The average molecular weight is 290 g/mol. The van der Waals surface area contributed by atoms with Crippen molar-refractivity contribution in [3.63, 3.8) is 0 Å². The number of methoxy groups -OCH3 is 2. The monoisotopic (exact) mass is 290 g/mol.